The van der Waals surface area contributed by atoms with Gasteiger partial charge in [0.25, 0.3) is 5.91 Å². The van der Waals surface area contributed by atoms with Crippen LogP contribution in [0.1, 0.15) is 0 Å². The van der Waals surface area contributed by atoms with Crippen molar-refractivity contribution in [3.8, 4) is 0 Å². The maximum Gasteiger partial charge on any atom is 0.325 e. The molecule has 1 saturated heterocycles. The van der Waals surface area contributed by atoms with E-state index in [1.54, 1.807) is 0 Å². The van der Waals surface area contributed by atoms with Crippen LogP contribution in [0.3, 0.4) is 0 Å². The third-order valence-electron chi connectivity index (χ3n) is 1.47. The summed E-state index contributed by atoms with van der Waals surface area (Å²) in [6.45, 7) is 0. The number of urea groups is 2. The fraction of sp³-hybridized carbons (Fsp3) is 0.400. The lowest BCUT2D eigenvalue weighted by Crippen LogP contribution is -2.49. The molecular weight excluding hydrogens is 164 g/mol. The summed E-state index contributed by atoms with van der Waals surface area (Å²) in [5.41, 5.74) is 4.77. The van der Waals surface area contributed by atoms with Crippen LogP contribution in [0.5, 0.6) is 0 Å². The van der Waals surface area contributed by atoms with Crippen molar-refractivity contribution >= 4 is 18.0 Å². The Bertz CT molecular complexity index is 251. The van der Waals surface area contributed by atoms with Gasteiger partial charge >= 0.3 is 12.1 Å². The van der Waals surface area contributed by atoms with Gasteiger partial charge in [0.1, 0.15) is 0 Å². The maximum absolute atomic E-state index is 10.9. The number of primary amides is 1. The quantitative estimate of drug-likeness (QED) is 0.405. The number of carbonyl (C=O) groups is 3. The van der Waals surface area contributed by atoms with E-state index < -0.39 is 24.1 Å². The van der Waals surface area contributed by atoms with Crippen LogP contribution >= 0.6 is 0 Å². The molecule has 66 valence electrons. The van der Waals surface area contributed by atoms with E-state index in [0.717, 1.165) is 4.90 Å². The van der Waals surface area contributed by atoms with Gasteiger partial charge in [0.15, 0.2) is 6.17 Å². The molecule has 1 aliphatic heterocycles. The molecule has 0 saturated carbocycles. The molecule has 7 heteroatoms. The van der Waals surface area contributed by atoms with Gasteiger partial charge in [0, 0.05) is 7.05 Å². The normalized spacial score (nSPS) is 22.4. The van der Waals surface area contributed by atoms with Crippen molar-refractivity contribution in [1.82, 2.24) is 15.5 Å². The molecule has 0 aromatic rings. The number of carbonyl (C=O) groups excluding carboxylic acids is 3. The third-order valence-corrected chi connectivity index (χ3v) is 1.47. The van der Waals surface area contributed by atoms with Gasteiger partial charge in [-0.05, 0) is 0 Å². The fourth-order valence-electron chi connectivity index (χ4n) is 0.852. The summed E-state index contributed by atoms with van der Waals surface area (Å²) in [6, 6.07) is -1.41. The number of nitrogens with zero attached hydrogens (tertiary/aromatic N) is 1. The van der Waals surface area contributed by atoms with Gasteiger partial charge in [-0.3, -0.25) is 15.0 Å². The number of imide groups is 1. The van der Waals surface area contributed by atoms with Crippen molar-refractivity contribution in [2.75, 3.05) is 7.05 Å². The average Bonchev–Trinajstić information content (AvgIpc) is 2.16. The molecule has 1 heterocycles. The second-order valence-electron chi connectivity index (χ2n) is 2.32. The Labute approximate surface area is 67.9 Å². The van der Waals surface area contributed by atoms with E-state index in [1.807, 2.05) is 5.32 Å². The van der Waals surface area contributed by atoms with E-state index in [0.29, 0.717) is 0 Å². The first-order valence-electron chi connectivity index (χ1n) is 3.16. The number of likely N-dealkylation sites (N-methyl/N-ethyl adjacent to an activating group) is 1. The predicted molar refractivity (Wildman–Crippen MR) is 37.8 cm³/mol. The number of nitrogens with one attached hydrogen (secondary N) is 2. The summed E-state index contributed by atoms with van der Waals surface area (Å²) in [6.07, 6.45) is -0.991. The molecule has 1 fully saturated rings. The van der Waals surface area contributed by atoms with Crippen molar-refractivity contribution in [2.24, 2.45) is 5.73 Å². The zero-order valence-corrected chi connectivity index (χ0v) is 6.33. The van der Waals surface area contributed by atoms with Gasteiger partial charge in [0.05, 0.1) is 0 Å². The zero-order chi connectivity index (χ0) is 9.30. The first-order chi connectivity index (χ1) is 5.52. The molecule has 0 radical (unpaired) electrons. The van der Waals surface area contributed by atoms with Gasteiger partial charge in [0.2, 0.25) is 0 Å². The smallest absolute Gasteiger partial charge is 0.325 e. The molecule has 0 unspecified atom stereocenters. The largest absolute Gasteiger partial charge is 0.352 e. The van der Waals surface area contributed by atoms with E-state index in [4.69, 9.17) is 5.73 Å². The summed E-state index contributed by atoms with van der Waals surface area (Å²) in [4.78, 5) is 33.1. The van der Waals surface area contributed by atoms with Crippen molar-refractivity contribution < 1.29 is 14.4 Å². The Hall–Kier alpha value is -1.79. The highest BCUT2D eigenvalue weighted by Gasteiger charge is 2.36. The lowest BCUT2D eigenvalue weighted by Gasteiger charge is -2.15. The van der Waals surface area contributed by atoms with Gasteiger partial charge < -0.3 is 11.1 Å². The number of rotatable bonds is 1. The standard InChI is InChI=1S/C5H8N4O3/c1-9-2(7-4(6)11)3(10)8-5(9)12/h2H,1H3,(H3,6,7,11)(H,8,10,12)/t2-/m1/s1. The van der Waals surface area contributed by atoms with Gasteiger partial charge in [-0.25, -0.2) is 9.59 Å². The lowest BCUT2D eigenvalue weighted by molar-refractivity contribution is -0.121. The van der Waals surface area contributed by atoms with Crippen molar-refractivity contribution in [2.45, 2.75) is 6.17 Å². The summed E-state index contributed by atoms with van der Waals surface area (Å²) < 4.78 is 0. The van der Waals surface area contributed by atoms with E-state index >= 15 is 0 Å². The molecule has 0 spiro atoms. The van der Waals surface area contributed by atoms with Gasteiger partial charge in [-0.2, -0.15) is 0 Å². The van der Waals surface area contributed by atoms with Crippen LogP contribution in [0, 0.1) is 0 Å². The number of hydrogen-bond donors (Lipinski definition) is 3. The summed E-state index contributed by atoms with van der Waals surface area (Å²) in [7, 11) is 1.38. The second-order valence-corrected chi connectivity index (χ2v) is 2.32. The molecule has 1 aliphatic rings. The molecule has 0 aromatic heterocycles. The summed E-state index contributed by atoms with van der Waals surface area (Å²) in [5, 5.41) is 4.10. The second kappa shape index (κ2) is 2.68. The highest BCUT2D eigenvalue weighted by Crippen LogP contribution is 2.01. The highest BCUT2D eigenvalue weighted by atomic mass is 16.2. The molecule has 0 aliphatic carbocycles. The number of nitrogens with two attached hydrogens (primary N) is 1. The average molecular weight is 172 g/mol. The maximum atomic E-state index is 10.9. The van der Waals surface area contributed by atoms with E-state index in [-0.39, 0.29) is 0 Å². The van der Waals surface area contributed by atoms with Gasteiger partial charge in [-0.1, -0.05) is 0 Å². The van der Waals surface area contributed by atoms with Crippen molar-refractivity contribution in [3.05, 3.63) is 0 Å². The van der Waals surface area contributed by atoms with Crippen LogP contribution in [0.2, 0.25) is 0 Å². The van der Waals surface area contributed by atoms with Crippen LogP contribution in [0.15, 0.2) is 0 Å². The van der Waals surface area contributed by atoms with Crippen LogP contribution in [-0.2, 0) is 4.79 Å². The number of hydrogen-bond acceptors (Lipinski definition) is 3. The van der Waals surface area contributed by atoms with Crippen LogP contribution in [0.25, 0.3) is 0 Å². The summed E-state index contributed by atoms with van der Waals surface area (Å²) >= 11 is 0. The van der Waals surface area contributed by atoms with Gasteiger partial charge in [-0.15, -0.1) is 0 Å². The minimum Gasteiger partial charge on any atom is -0.352 e. The van der Waals surface area contributed by atoms with Crippen LogP contribution in [0.4, 0.5) is 9.59 Å². The molecule has 5 amide bonds. The van der Waals surface area contributed by atoms with Crippen LogP contribution < -0.4 is 16.4 Å². The topological polar surface area (TPSA) is 105 Å². The Kier molecular flexibility index (Phi) is 1.86. The zero-order valence-electron chi connectivity index (χ0n) is 6.33. The minimum atomic E-state index is -0.991. The Morgan fingerprint density at radius 2 is 2.25 bits per heavy atom. The lowest BCUT2D eigenvalue weighted by atomic mass is 10.4. The molecule has 4 N–H and O–H groups in total. The van der Waals surface area contributed by atoms with E-state index in [9.17, 15) is 14.4 Å². The van der Waals surface area contributed by atoms with E-state index in [2.05, 4.69) is 5.32 Å². The fourth-order valence-corrected chi connectivity index (χ4v) is 0.852. The van der Waals surface area contributed by atoms with Crippen molar-refractivity contribution in [3.63, 3.8) is 0 Å². The minimum absolute atomic E-state index is 0.557. The predicted octanol–water partition coefficient (Wildman–Crippen LogP) is -1.84. The summed E-state index contributed by atoms with van der Waals surface area (Å²) in [5.74, 6) is -0.582. The Morgan fingerprint density at radius 1 is 1.67 bits per heavy atom. The Balaban J connectivity index is 2.70. The molecule has 0 bridgehead atoms. The third kappa shape index (κ3) is 1.29. The van der Waals surface area contributed by atoms with Crippen molar-refractivity contribution in [1.29, 1.82) is 0 Å². The highest BCUT2D eigenvalue weighted by molar-refractivity contribution is 6.04. The molecular formula is C5H8N4O3. The monoisotopic (exact) mass is 172 g/mol. The molecule has 1 atom stereocenters. The van der Waals surface area contributed by atoms with E-state index in [1.165, 1.54) is 7.05 Å². The van der Waals surface area contributed by atoms with Crippen LogP contribution in [-0.4, -0.2) is 36.1 Å². The number of amides is 5. The molecule has 0 aromatic carbocycles. The molecule has 12 heavy (non-hydrogen) atoms. The first-order valence-corrected chi connectivity index (χ1v) is 3.16. The SMILES string of the molecule is CN1C(=O)NC(=O)[C@@H]1NC(N)=O. The molecule has 7 nitrogen and oxygen atoms in total. The first kappa shape index (κ1) is 8.31. The Morgan fingerprint density at radius 3 is 2.58 bits per heavy atom. The molecule has 1 rings (SSSR count).